The maximum Gasteiger partial charge on any atom is 0.146 e. The third-order valence-electron chi connectivity index (χ3n) is 2.38. The number of benzene rings is 1. The molecule has 0 N–H and O–H groups in total. The van der Waals surface area contributed by atoms with Gasteiger partial charge in [-0.25, -0.2) is 4.39 Å². The van der Waals surface area contributed by atoms with Crippen molar-refractivity contribution in [2.24, 2.45) is 0 Å². The lowest BCUT2D eigenvalue weighted by Gasteiger charge is -2.22. The summed E-state index contributed by atoms with van der Waals surface area (Å²) in [5.41, 5.74) is 1.30. The summed E-state index contributed by atoms with van der Waals surface area (Å²) in [7, 11) is 0. The molecule has 86 valence electrons. The van der Waals surface area contributed by atoms with Crippen molar-refractivity contribution in [3.63, 3.8) is 0 Å². The highest BCUT2D eigenvalue weighted by atomic mass is 35.5. The van der Waals surface area contributed by atoms with Crippen LogP contribution in [0.15, 0.2) is 18.2 Å². The Bertz CT molecular complexity index is 387. The maximum absolute atomic E-state index is 13.7. The number of halogens is 2. The average Bonchev–Trinajstić information content (AvgIpc) is 2.31. The molecule has 1 aromatic carbocycles. The quantitative estimate of drug-likeness (QED) is 0.739. The van der Waals surface area contributed by atoms with Crippen molar-refractivity contribution in [3.05, 3.63) is 29.6 Å². The highest BCUT2D eigenvalue weighted by Gasteiger charge is 2.09. The Morgan fingerprint density at radius 2 is 2.25 bits per heavy atom. The number of anilines is 1. The number of nitrogens with zero attached hydrogens (tertiary/aromatic N) is 2. The fourth-order valence-corrected chi connectivity index (χ4v) is 1.69. The molecule has 0 bridgehead atoms. The van der Waals surface area contributed by atoms with Gasteiger partial charge in [0, 0.05) is 19.0 Å². The number of rotatable bonds is 5. The Morgan fingerprint density at radius 3 is 2.75 bits per heavy atom. The van der Waals surface area contributed by atoms with Gasteiger partial charge < -0.3 is 4.90 Å². The minimum absolute atomic E-state index is 0.280. The number of alkyl halides is 1. The second-order valence-corrected chi connectivity index (χ2v) is 3.67. The van der Waals surface area contributed by atoms with Gasteiger partial charge >= 0.3 is 0 Å². The zero-order valence-electron chi connectivity index (χ0n) is 9.21. The Hall–Kier alpha value is -1.27. The van der Waals surface area contributed by atoms with E-state index in [1.54, 1.807) is 12.1 Å². The standard InChI is InChI=1S/C12H14ClFN2/c1-2-16(7-3-6-15)12-5-4-10(9-13)8-11(12)14/h4-5,8H,2-3,7,9H2,1H3. The lowest BCUT2D eigenvalue weighted by molar-refractivity contribution is 0.617. The van der Waals surface area contributed by atoms with Gasteiger partial charge in [-0.15, -0.1) is 11.6 Å². The zero-order valence-corrected chi connectivity index (χ0v) is 9.97. The number of nitriles is 1. The van der Waals surface area contributed by atoms with Crippen LogP contribution in [0.5, 0.6) is 0 Å². The fourth-order valence-electron chi connectivity index (χ4n) is 1.52. The van der Waals surface area contributed by atoms with Crippen molar-refractivity contribution in [1.29, 1.82) is 5.26 Å². The lowest BCUT2D eigenvalue weighted by Crippen LogP contribution is -2.24. The molecular formula is C12H14ClFN2. The maximum atomic E-state index is 13.7. The lowest BCUT2D eigenvalue weighted by atomic mass is 10.2. The largest absolute Gasteiger partial charge is 0.368 e. The van der Waals surface area contributed by atoms with Crippen molar-refractivity contribution in [3.8, 4) is 6.07 Å². The molecule has 0 unspecified atom stereocenters. The second-order valence-electron chi connectivity index (χ2n) is 3.41. The van der Waals surface area contributed by atoms with Crippen LogP contribution in [-0.2, 0) is 5.88 Å². The van der Waals surface area contributed by atoms with Crippen LogP contribution < -0.4 is 4.90 Å². The highest BCUT2D eigenvalue weighted by molar-refractivity contribution is 6.17. The first-order chi connectivity index (χ1) is 7.72. The summed E-state index contributed by atoms with van der Waals surface area (Å²) in [5.74, 6) is 0.0274. The van der Waals surface area contributed by atoms with Gasteiger partial charge in [-0.2, -0.15) is 5.26 Å². The summed E-state index contributed by atoms with van der Waals surface area (Å²) in [6, 6.07) is 7.02. The SMILES string of the molecule is CCN(CCC#N)c1ccc(CCl)cc1F. The Kier molecular flexibility index (Phi) is 5.07. The Morgan fingerprint density at radius 1 is 1.50 bits per heavy atom. The number of hydrogen-bond donors (Lipinski definition) is 0. The smallest absolute Gasteiger partial charge is 0.146 e. The number of hydrogen-bond acceptors (Lipinski definition) is 2. The topological polar surface area (TPSA) is 27.0 Å². The van der Waals surface area contributed by atoms with Crippen LogP contribution in [-0.4, -0.2) is 13.1 Å². The van der Waals surface area contributed by atoms with E-state index in [1.807, 2.05) is 11.8 Å². The van der Waals surface area contributed by atoms with Gasteiger partial charge in [-0.05, 0) is 24.6 Å². The fraction of sp³-hybridized carbons (Fsp3) is 0.417. The first-order valence-electron chi connectivity index (χ1n) is 5.19. The van der Waals surface area contributed by atoms with Gasteiger partial charge in [0.15, 0.2) is 0 Å². The summed E-state index contributed by atoms with van der Waals surface area (Å²) < 4.78 is 13.7. The van der Waals surface area contributed by atoms with Crippen LogP contribution in [0.3, 0.4) is 0 Å². The third-order valence-corrected chi connectivity index (χ3v) is 2.69. The molecule has 0 fully saturated rings. The van der Waals surface area contributed by atoms with Crippen LogP contribution in [0.25, 0.3) is 0 Å². The summed E-state index contributed by atoms with van der Waals surface area (Å²) in [6.07, 6.45) is 0.393. The summed E-state index contributed by atoms with van der Waals surface area (Å²) >= 11 is 5.62. The molecule has 0 aliphatic carbocycles. The van der Waals surface area contributed by atoms with Gasteiger partial charge in [0.2, 0.25) is 0 Å². The van der Waals surface area contributed by atoms with Crippen molar-refractivity contribution in [1.82, 2.24) is 0 Å². The molecule has 1 aromatic rings. The van der Waals surface area contributed by atoms with Crippen molar-refractivity contribution in [2.75, 3.05) is 18.0 Å². The first kappa shape index (κ1) is 12.8. The van der Waals surface area contributed by atoms with Crippen molar-refractivity contribution in [2.45, 2.75) is 19.2 Å². The molecule has 0 radical (unpaired) electrons. The van der Waals surface area contributed by atoms with E-state index in [9.17, 15) is 4.39 Å². The molecule has 16 heavy (non-hydrogen) atoms. The molecule has 0 aliphatic rings. The van der Waals surface area contributed by atoms with Crippen LogP contribution in [0.1, 0.15) is 18.9 Å². The minimum atomic E-state index is -0.280. The predicted molar refractivity (Wildman–Crippen MR) is 64.1 cm³/mol. The van der Waals surface area contributed by atoms with Crippen LogP contribution >= 0.6 is 11.6 Å². The molecule has 2 nitrogen and oxygen atoms in total. The van der Waals surface area contributed by atoms with E-state index in [-0.39, 0.29) is 5.82 Å². The Labute approximate surface area is 100 Å². The summed E-state index contributed by atoms with van der Waals surface area (Å²) in [4.78, 5) is 1.84. The van der Waals surface area contributed by atoms with E-state index in [2.05, 4.69) is 6.07 Å². The van der Waals surface area contributed by atoms with Gasteiger partial charge in [0.05, 0.1) is 18.2 Å². The molecule has 0 atom stereocenters. The van der Waals surface area contributed by atoms with Crippen molar-refractivity contribution < 1.29 is 4.39 Å². The summed E-state index contributed by atoms with van der Waals surface area (Å²) in [5, 5.41) is 8.52. The van der Waals surface area contributed by atoms with E-state index in [1.165, 1.54) is 6.07 Å². The van der Waals surface area contributed by atoms with E-state index in [0.717, 1.165) is 5.56 Å². The normalized spacial score (nSPS) is 9.88. The monoisotopic (exact) mass is 240 g/mol. The molecule has 4 heteroatoms. The third kappa shape index (κ3) is 3.11. The Balaban J connectivity index is 2.88. The molecule has 1 rings (SSSR count). The van der Waals surface area contributed by atoms with Crippen LogP contribution in [0.2, 0.25) is 0 Å². The van der Waals surface area contributed by atoms with E-state index in [4.69, 9.17) is 16.9 Å². The summed E-state index contributed by atoms with van der Waals surface area (Å²) in [6.45, 7) is 3.16. The second kappa shape index (κ2) is 6.34. The molecule has 0 aliphatic heterocycles. The average molecular weight is 241 g/mol. The molecule has 0 saturated heterocycles. The molecular weight excluding hydrogens is 227 g/mol. The molecule has 0 amide bonds. The van der Waals surface area contributed by atoms with Crippen LogP contribution in [0.4, 0.5) is 10.1 Å². The van der Waals surface area contributed by atoms with E-state index in [0.29, 0.717) is 31.1 Å². The van der Waals surface area contributed by atoms with Gasteiger partial charge in [-0.1, -0.05) is 6.07 Å². The molecule has 0 spiro atoms. The van der Waals surface area contributed by atoms with E-state index >= 15 is 0 Å². The van der Waals surface area contributed by atoms with Gasteiger partial charge in [0.25, 0.3) is 0 Å². The predicted octanol–water partition coefficient (Wildman–Crippen LogP) is 3.30. The van der Waals surface area contributed by atoms with Gasteiger partial charge in [-0.3, -0.25) is 0 Å². The van der Waals surface area contributed by atoms with E-state index < -0.39 is 0 Å². The van der Waals surface area contributed by atoms with Crippen LogP contribution in [0, 0.1) is 17.1 Å². The van der Waals surface area contributed by atoms with Gasteiger partial charge in [0.1, 0.15) is 5.82 Å². The molecule has 0 heterocycles. The molecule has 0 saturated carbocycles. The zero-order chi connectivity index (χ0) is 12.0. The minimum Gasteiger partial charge on any atom is -0.368 e. The first-order valence-corrected chi connectivity index (χ1v) is 5.72. The van der Waals surface area contributed by atoms with Crippen molar-refractivity contribution >= 4 is 17.3 Å². The molecule has 0 aromatic heterocycles. The highest BCUT2D eigenvalue weighted by Crippen LogP contribution is 2.21.